The van der Waals surface area contributed by atoms with Gasteiger partial charge in [0.1, 0.15) is 11.4 Å². The largest absolute Gasteiger partial charge is 0.420 e. The first-order valence-corrected chi connectivity index (χ1v) is 10.0. The standard InChI is InChI=1S/C21H21F4N5O2/c1-10-18(29-20(32)30-5-3-2-4-6-30)17(21(23,24)25)16(27-10)8-12-11-7-13(22)14(26)9-15(11)28-19(12)31/h7-9,27H,2-6,26H2,1H3,(H,28,31)(H,29,32)/b12-8-. The maximum absolute atomic E-state index is 14.0. The molecule has 0 radical (unpaired) electrons. The number of alkyl halides is 3. The Kier molecular flexibility index (Phi) is 5.35. The Morgan fingerprint density at radius 3 is 2.56 bits per heavy atom. The lowest BCUT2D eigenvalue weighted by molar-refractivity contribution is -0.137. The highest BCUT2D eigenvalue weighted by atomic mass is 19.4. The molecule has 0 spiro atoms. The number of hydrogen-bond donors (Lipinski definition) is 4. The second kappa shape index (κ2) is 7.88. The van der Waals surface area contributed by atoms with Gasteiger partial charge >= 0.3 is 12.2 Å². The molecule has 1 aromatic heterocycles. The van der Waals surface area contributed by atoms with Crippen molar-refractivity contribution in [1.82, 2.24) is 9.88 Å². The third-order valence-electron chi connectivity index (χ3n) is 5.58. The van der Waals surface area contributed by atoms with Crippen LogP contribution in [0.3, 0.4) is 0 Å². The first-order chi connectivity index (χ1) is 15.1. The van der Waals surface area contributed by atoms with E-state index in [0.717, 1.165) is 31.4 Å². The number of carbonyl (C=O) groups is 2. The van der Waals surface area contributed by atoms with E-state index in [4.69, 9.17) is 5.73 Å². The highest BCUT2D eigenvalue weighted by Gasteiger charge is 2.40. The van der Waals surface area contributed by atoms with Gasteiger partial charge in [-0.25, -0.2) is 9.18 Å². The van der Waals surface area contributed by atoms with E-state index < -0.39 is 40.9 Å². The van der Waals surface area contributed by atoms with Crippen LogP contribution in [0.1, 0.15) is 41.8 Å². The van der Waals surface area contributed by atoms with E-state index in [1.54, 1.807) is 0 Å². The van der Waals surface area contributed by atoms with Crippen LogP contribution in [0.25, 0.3) is 11.6 Å². The van der Waals surface area contributed by atoms with Gasteiger partial charge in [0.15, 0.2) is 0 Å². The van der Waals surface area contributed by atoms with Crippen LogP contribution in [0.2, 0.25) is 0 Å². The lowest BCUT2D eigenvalue weighted by atomic mass is 10.0. The molecule has 4 rings (SSSR count). The summed E-state index contributed by atoms with van der Waals surface area (Å²) in [6.45, 7) is 2.34. The van der Waals surface area contributed by atoms with E-state index in [2.05, 4.69) is 15.6 Å². The van der Waals surface area contributed by atoms with Crippen LogP contribution in [0.5, 0.6) is 0 Å². The highest BCUT2D eigenvalue weighted by Crippen LogP contribution is 2.42. The molecule has 0 unspecified atom stereocenters. The van der Waals surface area contributed by atoms with Gasteiger partial charge in [-0.1, -0.05) is 0 Å². The monoisotopic (exact) mass is 451 g/mol. The maximum Gasteiger partial charge on any atom is 0.420 e. The zero-order chi connectivity index (χ0) is 23.2. The summed E-state index contributed by atoms with van der Waals surface area (Å²) in [4.78, 5) is 29.0. The molecular formula is C21H21F4N5O2. The van der Waals surface area contributed by atoms with Crippen LogP contribution in [0.4, 0.5) is 39.4 Å². The number of aryl methyl sites for hydroxylation is 1. The summed E-state index contributed by atoms with van der Waals surface area (Å²) in [5.74, 6) is -1.48. The average molecular weight is 451 g/mol. The number of piperidine rings is 1. The smallest absolute Gasteiger partial charge is 0.396 e. The Bertz CT molecular complexity index is 1130. The van der Waals surface area contributed by atoms with Crippen molar-refractivity contribution < 1.29 is 27.2 Å². The number of nitrogens with two attached hydrogens (primary N) is 1. The van der Waals surface area contributed by atoms with E-state index in [9.17, 15) is 27.2 Å². The van der Waals surface area contributed by atoms with E-state index in [1.165, 1.54) is 17.9 Å². The van der Waals surface area contributed by atoms with Gasteiger partial charge in [-0.05, 0) is 44.4 Å². The second-order valence-electron chi connectivity index (χ2n) is 7.82. The van der Waals surface area contributed by atoms with Crippen LogP contribution >= 0.6 is 0 Å². The Morgan fingerprint density at radius 2 is 1.91 bits per heavy atom. The normalized spacial score (nSPS) is 17.5. The van der Waals surface area contributed by atoms with Crippen molar-refractivity contribution in [2.24, 2.45) is 0 Å². The number of nitrogens with one attached hydrogen (secondary N) is 3. The molecule has 3 amide bonds. The quantitative estimate of drug-likeness (QED) is 0.305. The molecule has 1 aromatic carbocycles. The molecule has 32 heavy (non-hydrogen) atoms. The number of rotatable bonds is 2. The summed E-state index contributed by atoms with van der Waals surface area (Å²) in [6, 6.07) is 1.59. The molecule has 0 atom stereocenters. The maximum atomic E-state index is 14.0. The fourth-order valence-corrected chi connectivity index (χ4v) is 4.01. The predicted octanol–water partition coefficient (Wildman–Crippen LogP) is 4.57. The van der Waals surface area contributed by atoms with Gasteiger partial charge in [0.05, 0.1) is 28.3 Å². The number of H-pyrrole nitrogens is 1. The SMILES string of the molecule is Cc1[nH]c(/C=C2\C(=O)Nc3cc(N)c(F)cc32)c(C(F)(F)F)c1NC(=O)N1CCCCC1. The van der Waals surface area contributed by atoms with E-state index in [1.807, 2.05) is 0 Å². The van der Waals surface area contributed by atoms with Gasteiger partial charge in [0.25, 0.3) is 5.91 Å². The third-order valence-corrected chi connectivity index (χ3v) is 5.58. The zero-order valence-electron chi connectivity index (χ0n) is 17.1. The molecule has 7 nitrogen and oxygen atoms in total. The van der Waals surface area contributed by atoms with Crippen molar-refractivity contribution in [1.29, 1.82) is 0 Å². The second-order valence-corrected chi connectivity index (χ2v) is 7.82. The molecule has 11 heteroatoms. The van der Waals surface area contributed by atoms with Crippen molar-refractivity contribution >= 4 is 40.6 Å². The summed E-state index contributed by atoms with van der Waals surface area (Å²) >= 11 is 0. The molecule has 1 saturated heterocycles. The highest BCUT2D eigenvalue weighted by molar-refractivity contribution is 6.35. The van der Waals surface area contributed by atoms with Crippen LogP contribution in [-0.4, -0.2) is 34.9 Å². The number of fused-ring (bicyclic) bond motifs is 1. The Balaban J connectivity index is 1.76. The van der Waals surface area contributed by atoms with Crippen molar-refractivity contribution in [3.05, 3.63) is 40.5 Å². The number of benzene rings is 1. The minimum atomic E-state index is -4.83. The first-order valence-electron chi connectivity index (χ1n) is 10.0. The topological polar surface area (TPSA) is 103 Å². The lowest BCUT2D eigenvalue weighted by Crippen LogP contribution is -2.39. The number of nitrogen functional groups attached to an aromatic ring is 1. The molecule has 2 aliphatic heterocycles. The minimum absolute atomic E-state index is 0.0802. The molecule has 0 saturated carbocycles. The number of aromatic amines is 1. The van der Waals surface area contributed by atoms with Crippen molar-refractivity contribution in [3.8, 4) is 0 Å². The lowest BCUT2D eigenvalue weighted by Gasteiger charge is -2.27. The fourth-order valence-electron chi connectivity index (χ4n) is 4.01. The van der Waals surface area contributed by atoms with Crippen LogP contribution in [-0.2, 0) is 11.0 Å². The van der Waals surface area contributed by atoms with E-state index >= 15 is 0 Å². The number of anilines is 3. The number of hydrogen-bond acceptors (Lipinski definition) is 3. The van der Waals surface area contributed by atoms with Gasteiger partial charge in [0.2, 0.25) is 0 Å². The zero-order valence-corrected chi connectivity index (χ0v) is 17.1. The predicted molar refractivity (Wildman–Crippen MR) is 112 cm³/mol. The Hall–Kier alpha value is -3.50. The number of nitrogens with zero attached hydrogens (tertiary/aromatic N) is 1. The molecule has 2 aromatic rings. The summed E-state index contributed by atoms with van der Waals surface area (Å²) in [5, 5.41) is 4.84. The van der Waals surface area contributed by atoms with E-state index in [0.29, 0.717) is 13.1 Å². The summed E-state index contributed by atoms with van der Waals surface area (Å²) in [5.41, 5.74) is 3.61. The van der Waals surface area contributed by atoms with Crippen molar-refractivity contribution in [2.75, 3.05) is 29.5 Å². The number of halogens is 4. The molecule has 1 fully saturated rings. The van der Waals surface area contributed by atoms with Crippen LogP contribution in [0, 0.1) is 12.7 Å². The molecule has 170 valence electrons. The fraction of sp³-hybridized carbons (Fsp3) is 0.333. The number of likely N-dealkylation sites (tertiary alicyclic amines) is 1. The van der Waals surface area contributed by atoms with Gasteiger partial charge in [-0.3, -0.25) is 4.79 Å². The number of urea groups is 1. The summed E-state index contributed by atoms with van der Waals surface area (Å²) in [6.07, 6.45) is -1.28. The minimum Gasteiger partial charge on any atom is -0.396 e. The Labute approximate surface area is 180 Å². The van der Waals surface area contributed by atoms with Crippen molar-refractivity contribution in [3.63, 3.8) is 0 Å². The number of carbonyl (C=O) groups excluding carboxylic acids is 2. The van der Waals surface area contributed by atoms with Gasteiger partial charge < -0.3 is 26.3 Å². The summed E-state index contributed by atoms with van der Waals surface area (Å²) in [7, 11) is 0. The van der Waals surface area contributed by atoms with Gasteiger partial charge in [-0.2, -0.15) is 13.2 Å². The Morgan fingerprint density at radius 1 is 1.22 bits per heavy atom. The van der Waals surface area contributed by atoms with Crippen LogP contribution in [0.15, 0.2) is 12.1 Å². The van der Waals surface area contributed by atoms with Crippen LogP contribution < -0.4 is 16.4 Å². The number of amides is 3. The third kappa shape index (κ3) is 3.90. The average Bonchev–Trinajstić information content (AvgIpc) is 3.19. The molecule has 0 aliphatic carbocycles. The molecule has 0 bridgehead atoms. The molecule has 3 heterocycles. The first kappa shape index (κ1) is 21.7. The van der Waals surface area contributed by atoms with Gasteiger partial charge in [-0.15, -0.1) is 0 Å². The molecule has 2 aliphatic rings. The summed E-state index contributed by atoms with van der Waals surface area (Å²) < 4.78 is 56.0. The van der Waals surface area contributed by atoms with Crippen molar-refractivity contribution in [2.45, 2.75) is 32.4 Å². The van der Waals surface area contributed by atoms with Gasteiger partial charge in [0, 0.05) is 24.3 Å². The molecular weight excluding hydrogens is 430 g/mol. The number of aromatic nitrogens is 1. The molecule has 5 N–H and O–H groups in total. The van der Waals surface area contributed by atoms with E-state index in [-0.39, 0.29) is 28.2 Å².